The summed E-state index contributed by atoms with van der Waals surface area (Å²) in [7, 11) is 0. The summed E-state index contributed by atoms with van der Waals surface area (Å²) in [5.41, 5.74) is 0.815. The molecule has 5 aliphatic rings. The van der Waals surface area contributed by atoms with Gasteiger partial charge in [0.15, 0.2) is 6.29 Å². The number of aliphatic hydroxyl groups excluding tert-OH is 6. The Hall–Kier alpha value is -0.740. The Balaban J connectivity index is 1.31. The van der Waals surface area contributed by atoms with E-state index in [1.54, 1.807) is 0 Å². The van der Waals surface area contributed by atoms with Crippen molar-refractivity contribution in [3.63, 3.8) is 0 Å². The molecule has 0 radical (unpaired) electrons. The average Bonchev–Trinajstić information content (AvgIpc) is 3.29. The highest BCUT2D eigenvalue weighted by Gasteiger charge is 2.63. The molecule has 5 rings (SSSR count). The van der Waals surface area contributed by atoms with Gasteiger partial charge in [0.25, 0.3) is 0 Å². The van der Waals surface area contributed by atoms with E-state index in [2.05, 4.69) is 34.6 Å². The molecule has 4 fully saturated rings. The largest absolute Gasteiger partial charge is 0.510 e. The molecule has 0 aromatic rings. The van der Waals surface area contributed by atoms with E-state index in [-0.39, 0.29) is 28.6 Å². The number of fused-ring (bicyclic) bond motifs is 5. The maximum absolute atomic E-state index is 11.7. The van der Waals surface area contributed by atoms with Crippen LogP contribution in [0.3, 0.4) is 0 Å². The van der Waals surface area contributed by atoms with E-state index < -0.39 is 43.4 Å². The van der Waals surface area contributed by atoms with Crippen molar-refractivity contribution in [2.75, 3.05) is 6.61 Å². The van der Waals surface area contributed by atoms with Crippen LogP contribution in [0.25, 0.3) is 0 Å². The van der Waals surface area contributed by atoms with Crippen LogP contribution in [0.4, 0.5) is 0 Å². The van der Waals surface area contributed by atoms with Gasteiger partial charge in [-0.15, -0.1) is 0 Å². The van der Waals surface area contributed by atoms with E-state index in [4.69, 9.17) is 9.47 Å². The summed E-state index contributed by atoms with van der Waals surface area (Å²) in [6, 6.07) is 0. The fourth-order valence-electron chi connectivity index (χ4n) is 10.2. The van der Waals surface area contributed by atoms with E-state index in [9.17, 15) is 30.6 Å². The first kappa shape index (κ1) is 31.7. The molecule has 0 spiro atoms. The summed E-state index contributed by atoms with van der Waals surface area (Å²) in [5.74, 6) is 2.93. The van der Waals surface area contributed by atoms with Gasteiger partial charge in [-0.3, -0.25) is 0 Å². The summed E-state index contributed by atoms with van der Waals surface area (Å²) in [6.07, 6.45) is 2.40. The van der Waals surface area contributed by atoms with Crippen LogP contribution in [0.15, 0.2) is 11.3 Å². The Morgan fingerprint density at radius 3 is 2.32 bits per heavy atom. The average molecular weight is 581 g/mol. The fraction of sp³-hybridized carbons (Fsp3) is 0.939. The van der Waals surface area contributed by atoms with E-state index in [1.807, 2.05) is 0 Å². The van der Waals surface area contributed by atoms with Crippen molar-refractivity contribution in [3.8, 4) is 0 Å². The SMILES string of the molecule is CC(C)CCC[C@@H](C)[C@H]1CC[C@H]2[C@@H]3C(O)C(O)=C4C[C@@H](O[C@H]5O[C@H](CO)[C@@H](O)[C@@H](O)[C@H]5O)CC[C@]4(C)[C@H]3CC[C@]12C. The molecule has 4 aliphatic carbocycles. The van der Waals surface area contributed by atoms with Crippen LogP contribution in [0.1, 0.15) is 98.8 Å². The maximum atomic E-state index is 11.7. The van der Waals surface area contributed by atoms with Crippen molar-refractivity contribution < 1.29 is 40.1 Å². The molecular formula is C33H56O8. The normalized spacial score (nSPS) is 49.0. The fourth-order valence-corrected chi connectivity index (χ4v) is 10.2. The summed E-state index contributed by atoms with van der Waals surface area (Å²) < 4.78 is 11.7. The summed E-state index contributed by atoms with van der Waals surface area (Å²) in [6.45, 7) is 11.3. The molecule has 1 heterocycles. The van der Waals surface area contributed by atoms with Crippen molar-refractivity contribution in [2.24, 2.45) is 46.3 Å². The zero-order valence-electron chi connectivity index (χ0n) is 25.8. The lowest BCUT2D eigenvalue weighted by Gasteiger charge is -2.60. The summed E-state index contributed by atoms with van der Waals surface area (Å²) in [5, 5.41) is 63.6. The minimum absolute atomic E-state index is 0.0540. The quantitative estimate of drug-likeness (QED) is 0.253. The van der Waals surface area contributed by atoms with Crippen LogP contribution >= 0.6 is 0 Å². The maximum Gasteiger partial charge on any atom is 0.186 e. The number of hydrogen-bond acceptors (Lipinski definition) is 8. The van der Waals surface area contributed by atoms with Gasteiger partial charge in [0, 0.05) is 0 Å². The summed E-state index contributed by atoms with van der Waals surface area (Å²) in [4.78, 5) is 0. The second-order valence-electron chi connectivity index (χ2n) is 15.2. The Labute approximate surface area is 246 Å². The van der Waals surface area contributed by atoms with E-state index in [1.165, 1.54) is 32.1 Å². The van der Waals surface area contributed by atoms with Crippen LogP contribution in [0.5, 0.6) is 0 Å². The standard InChI is InChI=1S/C33H56O8/c1-17(2)7-6-8-18(3)20-9-10-21-25-22(12-14-32(20,21)4)33(5)13-11-19(15-23(33)26(35)28(25)37)40-31-30(39)29(38)27(36)24(16-34)41-31/h17-22,24-25,27-31,34-39H,6-16H2,1-5H3/t18-,19+,20-,21+,22+,24-,25+,27-,28?,29-,30-,31+,32-,33-/m1/s1. The van der Waals surface area contributed by atoms with Gasteiger partial charge in [0.05, 0.1) is 12.7 Å². The second-order valence-corrected chi connectivity index (χ2v) is 15.2. The third-order valence-electron chi connectivity index (χ3n) is 12.6. The molecule has 1 aliphatic heterocycles. The van der Waals surface area contributed by atoms with Gasteiger partial charge in [0.2, 0.25) is 0 Å². The number of rotatable bonds is 8. The van der Waals surface area contributed by atoms with Gasteiger partial charge < -0.3 is 40.1 Å². The highest BCUT2D eigenvalue weighted by molar-refractivity contribution is 5.31. The van der Waals surface area contributed by atoms with Crippen molar-refractivity contribution in [3.05, 3.63) is 11.3 Å². The minimum Gasteiger partial charge on any atom is -0.510 e. The Morgan fingerprint density at radius 2 is 1.63 bits per heavy atom. The monoisotopic (exact) mass is 580 g/mol. The molecule has 41 heavy (non-hydrogen) atoms. The summed E-state index contributed by atoms with van der Waals surface area (Å²) >= 11 is 0. The lowest BCUT2D eigenvalue weighted by molar-refractivity contribution is -0.313. The van der Waals surface area contributed by atoms with Crippen molar-refractivity contribution in [1.82, 2.24) is 0 Å². The third-order valence-corrected chi connectivity index (χ3v) is 12.6. The molecule has 236 valence electrons. The zero-order valence-corrected chi connectivity index (χ0v) is 25.8. The first-order valence-electron chi connectivity index (χ1n) is 16.4. The van der Waals surface area contributed by atoms with Crippen molar-refractivity contribution >= 4 is 0 Å². The van der Waals surface area contributed by atoms with E-state index in [0.29, 0.717) is 36.5 Å². The molecular weight excluding hydrogens is 524 g/mol. The number of ether oxygens (including phenoxy) is 2. The highest BCUT2D eigenvalue weighted by Crippen LogP contribution is 2.68. The molecule has 1 saturated heterocycles. The Morgan fingerprint density at radius 1 is 0.902 bits per heavy atom. The van der Waals surface area contributed by atoms with E-state index >= 15 is 0 Å². The number of aliphatic hydroxyl groups is 6. The van der Waals surface area contributed by atoms with Gasteiger partial charge >= 0.3 is 0 Å². The molecule has 3 saturated carbocycles. The molecule has 0 amide bonds. The van der Waals surface area contributed by atoms with Gasteiger partial charge in [-0.25, -0.2) is 0 Å². The van der Waals surface area contributed by atoms with Crippen LogP contribution in [-0.4, -0.2) is 80.2 Å². The third kappa shape index (κ3) is 5.42. The predicted molar refractivity (Wildman–Crippen MR) is 155 cm³/mol. The van der Waals surface area contributed by atoms with E-state index in [0.717, 1.165) is 30.8 Å². The zero-order chi connectivity index (χ0) is 29.9. The van der Waals surface area contributed by atoms with Crippen molar-refractivity contribution in [2.45, 2.75) is 142 Å². The van der Waals surface area contributed by atoms with Gasteiger partial charge in [0.1, 0.15) is 36.3 Å². The highest BCUT2D eigenvalue weighted by atomic mass is 16.7. The molecule has 14 atom stereocenters. The van der Waals surface area contributed by atoms with Crippen LogP contribution in [0, 0.1) is 46.3 Å². The molecule has 8 nitrogen and oxygen atoms in total. The van der Waals surface area contributed by atoms with Gasteiger partial charge in [-0.2, -0.15) is 0 Å². The van der Waals surface area contributed by atoms with Crippen LogP contribution < -0.4 is 0 Å². The van der Waals surface area contributed by atoms with Crippen LogP contribution in [0.2, 0.25) is 0 Å². The first-order valence-corrected chi connectivity index (χ1v) is 16.4. The molecule has 0 aromatic heterocycles. The minimum atomic E-state index is -1.49. The predicted octanol–water partition coefficient (Wildman–Crippen LogP) is 4.07. The topological polar surface area (TPSA) is 140 Å². The first-order chi connectivity index (χ1) is 19.3. The lowest BCUT2D eigenvalue weighted by atomic mass is 9.46. The Kier molecular flexibility index (Phi) is 9.26. The molecule has 0 aromatic carbocycles. The lowest BCUT2D eigenvalue weighted by Crippen LogP contribution is -2.60. The molecule has 1 unspecified atom stereocenters. The van der Waals surface area contributed by atoms with Crippen LogP contribution in [-0.2, 0) is 9.47 Å². The van der Waals surface area contributed by atoms with Crippen molar-refractivity contribution in [1.29, 1.82) is 0 Å². The van der Waals surface area contributed by atoms with Gasteiger partial charge in [-0.05, 0) is 96.9 Å². The molecule has 6 N–H and O–H groups in total. The second kappa shape index (κ2) is 12.0. The molecule has 0 bridgehead atoms. The van der Waals surface area contributed by atoms with Gasteiger partial charge in [-0.1, -0.05) is 53.9 Å². The smallest absolute Gasteiger partial charge is 0.186 e. The molecule has 8 heteroatoms. The number of hydrogen-bond donors (Lipinski definition) is 6. The Bertz CT molecular complexity index is 952.